The Kier molecular flexibility index (Phi) is 6.22. The standard InChI is InChI=1S/C44H26N4/c1-46-34-21-22-40-39-13-4-5-14-41(39)47(44(40)27-34)35-10-8-9-31(24-35)33-23-32(30-19-17-29(28-45)18-20-30)25-36(26-33)48-42-15-6-2-11-37(42)38-12-3-7-16-43(38)48/h2-27H. The third-order valence-corrected chi connectivity index (χ3v) is 9.33. The minimum atomic E-state index is 0.619. The van der Waals surface area contributed by atoms with E-state index < -0.39 is 0 Å². The molecule has 7 aromatic carbocycles. The number of nitrogens with zero attached hydrogens (tertiary/aromatic N) is 4. The zero-order chi connectivity index (χ0) is 32.2. The van der Waals surface area contributed by atoms with Gasteiger partial charge >= 0.3 is 0 Å². The second kappa shape index (κ2) is 10.9. The molecule has 9 aromatic rings. The van der Waals surface area contributed by atoms with Gasteiger partial charge in [0.15, 0.2) is 5.69 Å². The normalized spacial score (nSPS) is 11.3. The molecule has 0 amide bonds. The Morgan fingerprint density at radius 3 is 1.58 bits per heavy atom. The molecule has 4 nitrogen and oxygen atoms in total. The molecule has 0 bridgehead atoms. The first-order valence-electron chi connectivity index (χ1n) is 15.9. The Morgan fingerprint density at radius 2 is 0.979 bits per heavy atom. The molecule has 0 aliphatic heterocycles. The Balaban J connectivity index is 1.30. The van der Waals surface area contributed by atoms with Crippen LogP contribution in [0.25, 0.3) is 82.1 Å². The van der Waals surface area contributed by atoms with Crippen LogP contribution in [-0.4, -0.2) is 9.13 Å². The van der Waals surface area contributed by atoms with Crippen LogP contribution in [0.1, 0.15) is 5.56 Å². The van der Waals surface area contributed by atoms with Crippen LogP contribution in [0, 0.1) is 17.9 Å². The highest BCUT2D eigenvalue weighted by Crippen LogP contribution is 2.38. The summed E-state index contributed by atoms with van der Waals surface area (Å²) in [5.41, 5.74) is 12.0. The van der Waals surface area contributed by atoms with Crippen LogP contribution in [0.3, 0.4) is 0 Å². The van der Waals surface area contributed by atoms with Gasteiger partial charge in [0.25, 0.3) is 0 Å². The fraction of sp³-hybridized carbons (Fsp3) is 0. The summed E-state index contributed by atoms with van der Waals surface area (Å²) >= 11 is 0. The van der Waals surface area contributed by atoms with Gasteiger partial charge in [-0.1, -0.05) is 91.0 Å². The summed E-state index contributed by atoms with van der Waals surface area (Å²) in [4.78, 5) is 3.73. The highest BCUT2D eigenvalue weighted by Gasteiger charge is 2.16. The lowest BCUT2D eigenvalue weighted by Gasteiger charge is -2.15. The van der Waals surface area contributed by atoms with Gasteiger partial charge < -0.3 is 9.13 Å². The molecule has 4 heteroatoms. The number of rotatable bonds is 4. The third kappa shape index (κ3) is 4.29. The number of hydrogen-bond donors (Lipinski definition) is 0. The summed E-state index contributed by atoms with van der Waals surface area (Å²) in [6, 6.07) is 56.9. The molecule has 0 aliphatic carbocycles. The van der Waals surface area contributed by atoms with Gasteiger partial charge in [-0.25, -0.2) is 4.85 Å². The van der Waals surface area contributed by atoms with Crippen LogP contribution < -0.4 is 0 Å². The predicted molar refractivity (Wildman–Crippen MR) is 197 cm³/mol. The minimum Gasteiger partial charge on any atom is -0.310 e. The van der Waals surface area contributed by atoms with Gasteiger partial charge in [-0.05, 0) is 89.0 Å². The second-order valence-corrected chi connectivity index (χ2v) is 12.0. The Bertz CT molecular complexity index is 2750. The maximum atomic E-state index is 9.46. The van der Waals surface area contributed by atoms with E-state index in [1.807, 2.05) is 36.4 Å². The molecule has 9 rings (SSSR count). The summed E-state index contributed by atoms with van der Waals surface area (Å²) in [6.07, 6.45) is 0. The summed E-state index contributed by atoms with van der Waals surface area (Å²) in [5.74, 6) is 0. The van der Waals surface area contributed by atoms with Crippen LogP contribution in [0.15, 0.2) is 158 Å². The molecule has 0 N–H and O–H groups in total. The molecule has 0 spiro atoms. The van der Waals surface area contributed by atoms with E-state index in [4.69, 9.17) is 6.57 Å². The van der Waals surface area contributed by atoms with Gasteiger partial charge in [0.2, 0.25) is 0 Å². The summed E-state index contributed by atoms with van der Waals surface area (Å²) in [7, 11) is 0. The first kappa shape index (κ1) is 27.4. The van der Waals surface area contributed by atoms with Crippen LogP contribution in [0.2, 0.25) is 0 Å². The third-order valence-electron chi connectivity index (χ3n) is 9.33. The summed E-state index contributed by atoms with van der Waals surface area (Å²) < 4.78 is 4.62. The van der Waals surface area contributed by atoms with Crippen LogP contribution in [-0.2, 0) is 0 Å². The van der Waals surface area contributed by atoms with E-state index in [2.05, 4.69) is 141 Å². The van der Waals surface area contributed by atoms with Gasteiger partial charge in [0.1, 0.15) is 0 Å². The van der Waals surface area contributed by atoms with Gasteiger partial charge in [0.05, 0.1) is 34.8 Å². The van der Waals surface area contributed by atoms with E-state index in [1.54, 1.807) is 0 Å². The van der Waals surface area contributed by atoms with E-state index in [1.165, 1.54) is 10.8 Å². The molecule has 0 unspecified atom stereocenters. The van der Waals surface area contributed by atoms with E-state index in [-0.39, 0.29) is 0 Å². The summed E-state index contributed by atoms with van der Waals surface area (Å²) in [6.45, 7) is 7.67. The van der Waals surface area contributed by atoms with Crippen LogP contribution in [0.4, 0.5) is 5.69 Å². The van der Waals surface area contributed by atoms with Gasteiger partial charge in [0, 0.05) is 38.4 Å². The van der Waals surface area contributed by atoms with Crippen molar-refractivity contribution in [3.8, 4) is 39.7 Å². The largest absolute Gasteiger partial charge is 0.310 e. The highest BCUT2D eigenvalue weighted by atomic mass is 15.0. The Morgan fingerprint density at radius 1 is 0.438 bits per heavy atom. The fourth-order valence-corrected chi connectivity index (χ4v) is 7.14. The van der Waals surface area contributed by atoms with E-state index in [0.717, 1.165) is 66.5 Å². The zero-order valence-corrected chi connectivity index (χ0v) is 25.8. The smallest absolute Gasteiger partial charge is 0.189 e. The maximum absolute atomic E-state index is 9.46. The first-order valence-corrected chi connectivity index (χ1v) is 15.9. The lowest BCUT2D eigenvalue weighted by molar-refractivity contribution is 1.17. The predicted octanol–water partition coefficient (Wildman–Crippen LogP) is 11.6. The van der Waals surface area contributed by atoms with Gasteiger partial charge in [-0.15, -0.1) is 0 Å². The molecule has 222 valence electrons. The number of benzene rings is 7. The molecule has 0 fully saturated rings. The molecule has 2 heterocycles. The fourth-order valence-electron chi connectivity index (χ4n) is 7.14. The van der Waals surface area contributed by atoms with Crippen molar-refractivity contribution in [3.63, 3.8) is 0 Å². The van der Waals surface area contributed by atoms with Gasteiger partial charge in [-0.2, -0.15) is 5.26 Å². The second-order valence-electron chi connectivity index (χ2n) is 12.0. The first-order chi connectivity index (χ1) is 23.7. The molecular weight excluding hydrogens is 585 g/mol. The van der Waals surface area contributed by atoms with Crippen molar-refractivity contribution in [1.29, 1.82) is 5.26 Å². The molecule has 0 atom stereocenters. The zero-order valence-electron chi connectivity index (χ0n) is 25.8. The maximum Gasteiger partial charge on any atom is 0.189 e. The van der Waals surface area contributed by atoms with Crippen molar-refractivity contribution in [2.75, 3.05) is 0 Å². The topological polar surface area (TPSA) is 38.0 Å². The molecule has 2 aromatic heterocycles. The molecular formula is C44H26N4. The Hall–Kier alpha value is -6.88. The van der Waals surface area contributed by atoms with Crippen molar-refractivity contribution in [3.05, 3.63) is 175 Å². The highest BCUT2D eigenvalue weighted by molar-refractivity contribution is 6.11. The van der Waals surface area contributed by atoms with Crippen molar-refractivity contribution >= 4 is 49.3 Å². The monoisotopic (exact) mass is 610 g/mol. The quantitative estimate of drug-likeness (QED) is 0.183. The van der Waals surface area contributed by atoms with Crippen molar-refractivity contribution < 1.29 is 0 Å². The minimum absolute atomic E-state index is 0.619. The van der Waals surface area contributed by atoms with Crippen molar-refractivity contribution in [1.82, 2.24) is 9.13 Å². The molecule has 48 heavy (non-hydrogen) atoms. The number of aromatic nitrogens is 2. The average molecular weight is 611 g/mol. The number of nitriles is 1. The Labute approximate surface area is 277 Å². The molecule has 0 saturated heterocycles. The SMILES string of the molecule is [C-]#[N+]c1ccc2c3ccccc3n(-c3cccc(-c4cc(-c5ccc(C#N)cc5)cc(-n5c6ccccc6c6ccccc65)c4)c3)c2c1. The average Bonchev–Trinajstić information content (AvgIpc) is 3.67. The summed E-state index contributed by atoms with van der Waals surface area (Å²) in [5, 5.41) is 14.2. The van der Waals surface area contributed by atoms with Gasteiger partial charge in [-0.3, -0.25) is 0 Å². The lowest BCUT2D eigenvalue weighted by atomic mass is 9.97. The number of fused-ring (bicyclic) bond motifs is 6. The lowest BCUT2D eigenvalue weighted by Crippen LogP contribution is -1.97. The number of hydrogen-bond acceptors (Lipinski definition) is 1. The molecule has 0 saturated carbocycles. The molecule has 0 aliphatic rings. The van der Waals surface area contributed by atoms with E-state index >= 15 is 0 Å². The van der Waals surface area contributed by atoms with Crippen LogP contribution >= 0.6 is 0 Å². The van der Waals surface area contributed by atoms with Crippen molar-refractivity contribution in [2.24, 2.45) is 0 Å². The molecule has 0 radical (unpaired) electrons. The van der Waals surface area contributed by atoms with Crippen LogP contribution in [0.5, 0.6) is 0 Å². The van der Waals surface area contributed by atoms with E-state index in [0.29, 0.717) is 11.3 Å². The van der Waals surface area contributed by atoms with Crippen molar-refractivity contribution in [2.45, 2.75) is 0 Å². The number of para-hydroxylation sites is 3. The van der Waals surface area contributed by atoms with E-state index in [9.17, 15) is 5.26 Å².